The summed E-state index contributed by atoms with van der Waals surface area (Å²) in [6.07, 6.45) is 2.16. The lowest BCUT2D eigenvalue weighted by atomic mass is 9.88. The van der Waals surface area contributed by atoms with E-state index in [-0.39, 0.29) is 0 Å². The minimum absolute atomic E-state index is 0.377. The molecule has 0 radical (unpaired) electrons. The summed E-state index contributed by atoms with van der Waals surface area (Å²) in [6.45, 7) is 0. The van der Waals surface area contributed by atoms with Crippen LogP contribution in [0, 0.1) is 0 Å². The van der Waals surface area contributed by atoms with Gasteiger partial charge in [-0.05, 0) is 54.0 Å². The van der Waals surface area contributed by atoms with Crippen molar-refractivity contribution in [1.82, 2.24) is 0 Å². The van der Waals surface area contributed by atoms with Crippen LogP contribution in [0.4, 0.5) is 0 Å². The Morgan fingerprint density at radius 2 is 1.21 bits per heavy atom. The van der Waals surface area contributed by atoms with Crippen LogP contribution in [0.2, 0.25) is 10.0 Å². The second-order valence-corrected chi connectivity index (χ2v) is 5.84. The van der Waals surface area contributed by atoms with Gasteiger partial charge in [0.05, 0.1) is 0 Å². The summed E-state index contributed by atoms with van der Waals surface area (Å²) in [6, 6.07) is 16.2. The van der Waals surface area contributed by atoms with Crippen LogP contribution >= 0.6 is 35.8 Å². The van der Waals surface area contributed by atoms with Crippen molar-refractivity contribution in [3.63, 3.8) is 0 Å². The van der Waals surface area contributed by atoms with Gasteiger partial charge in [-0.15, -0.1) is 0 Å². The SMILES string of the molecule is SCCCC(c1ccc(Cl)cc1)c1ccc(Cl)cc1. The number of hydrogen-bond acceptors (Lipinski definition) is 1. The first-order valence-electron chi connectivity index (χ1n) is 6.32. The number of thiol groups is 1. The molecule has 0 aliphatic carbocycles. The maximum Gasteiger partial charge on any atom is 0.0406 e. The number of benzene rings is 2. The highest BCUT2D eigenvalue weighted by Gasteiger charge is 2.13. The van der Waals surface area contributed by atoms with E-state index in [0.29, 0.717) is 5.92 Å². The molecule has 2 rings (SSSR count). The van der Waals surface area contributed by atoms with Crippen LogP contribution in [0.5, 0.6) is 0 Å². The zero-order valence-electron chi connectivity index (χ0n) is 10.5. The van der Waals surface area contributed by atoms with E-state index in [1.165, 1.54) is 11.1 Å². The lowest BCUT2D eigenvalue weighted by molar-refractivity contribution is 0.704. The van der Waals surface area contributed by atoms with Gasteiger partial charge in [0, 0.05) is 16.0 Å². The molecule has 0 N–H and O–H groups in total. The van der Waals surface area contributed by atoms with E-state index in [2.05, 4.69) is 36.9 Å². The second kappa shape index (κ2) is 7.23. The zero-order chi connectivity index (χ0) is 13.7. The summed E-state index contributed by atoms with van der Waals surface area (Å²) in [5.41, 5.74) is 2.57. The van der Waals surface area contributed by atoms with Gasteiger partial charge in [0.25, 0.3) is 0 Å². The standard InChI is InChI=1S/C16H16Cl2S/c17-14-7-3-12(4-8-14)16(2-1-11-19)13-5-9-15(18)10-6-13/h3-10,16,19H,1-2,11H2. The third-order valence-electron chi connectivity index (χ3n) is 3.20. The molecule has 0 bridgehead atoms. The molecule has 0 heterocycles. The predicted octanol–water partition coefficient (Wildman–Crippen LogP) is 5.84. The van der Waals surface area contributed by atoms with E-state index in [1.54, 1.807) is 0 Å². The van der Waals surface area contributed by atoms with E-state index in [1.807, 2.05) is 24.3 Å². The van der Waals surface area contributed by atoms with E-state index < -0.39 is 0 Å². The predicted molar refractivity (Wildman–Crippen MR) is 87.8 cm³/mol. The molecule has 0 nitrogen and oxygen atoms in total. The average Bonchev–Trinajstić information content (AvgIpc) is 2.43. The number of hydrogen-bond donors (Lipinski definition) is 1. The van der Waals surface area contributed by atoms with Crippen molar-refractivity contribution in [2.24, 2.45) is 0 Å². The molecular formula is C16H16Cl2S. The summed E-state index contributed by atoms with van der Waals surface area (Å²) in [7, 11) is 0. The van der Waals surface area contributed by atoms with Crippen molar-refractivity contribution in [1.29, 1.82) is 0 Å². The summed E-state index contributed by atoms with van der Waals surface area (Å²) >= 11 is 16.2. The third kappa shape index (κ3) is 4.17. The lowest BCUT2D eigenvalue weighted by Gasteiger charge is -2.18. The number of halogens is 2. The first kappa shape index (κ1) is 14.8. The van der Waals surface area contributed by atoms with E-state index in [0.717, 1.165) is 28.6 Å². The largest absolute Gasteiger partial charge is 0.179 e. The van der Waals surface area contributed by atoms with Crippen LogP contribution in [-0.2, 0) is 0 Å². The molecule has 0 atom stereocenters. The third-order valence-corrected chi connectivity index (χ3v) is 4.02. The summed E-state index contributed by atoms with van der Waals surface area (Å²) < 4.78 is 0. The van der Waals surface area contributed by atoms with Crippen LogP contribution in [0.25, 0.3) is 0 Å². The van der Waals surface area contributed by atoms with E-state index >= 15 is 0 Å². The van der Waals surface area contributed by atoms with Gasteiger partial charge in [-0.25, -0.2) is 0 Å². The molecule has 0 unspecified atom stereocenters. The monoisotopic (exact) mass is 310 g/mol. The molecule has 0 saturated heterocycles. The van der Waals surface area contributed by atoms with Crippen LogP contribution in [-0.4, -0.2) is 5.75 Å². The van der Waals surface area contributed by atoms with Crippen molar-refractivity contribution >= 4 is 35.8 Å². The molecule has 0 aliphatic rings. The summed E-state index contributed by atoms with van der Waals surface area (Å²) in [5, 5.41) is 1.54. The Labute approximate surface area is 130 Å². The summed E-state index contributed by atoms with van der Waals surface area (Å²) in [5.74, 6) is 1.28. The zero-order valence-corrected chi connectivity index (χ0v) is 12.9. The minimum atomic E-state index is 0.377. The fourth-order valence-corrected chi connectivity index (χ4v) is 2.65. The number of rotatable bonds is 5. The van der Waals surface area contributed by atoms with Crippen LogP contribution < -0.4 is 0 Å². The molecule has 100 valence electrons. The van der Waals surface area contributed by atoms with Crippen LogP contribution in [0.3, 0.4) is 0 Å². The van der Waals surface area contributed by atoms with E-state index in [4.69, 9.17) is 23.2 Å². The lowest BCUT2D eigenvalue weighted by Crippen LogP contribution is -2.01. The molecule has 0 aromatic heterocycles. The van der Waals surface area contributed by atoms with Crippen molar-refractivity contribution < 1.29 is 0 Å². The van der Waals surface area contributed by atoms with Gasteiger partial charge in [-0.2, -0.15) is 12.6 Å². The highest BCUT2D eigenvalue weighted by molar-refractivity contribution is 7.80. The Bertz CT molecular complexity index is 460. The minimum Gasteiger partial charge on any atom is -0.179 e. The van der Waals surface area contributed by atoms with Gasteiger partial charge in [0.2, 0.25) is 0 Å². The van der Waals surface area contributed by atoms with E-state index in [9.17, 15) is 0 Å². The highest BCUT2D eigenvalue weighted by atomic mass is 35.5. The van der Waals surface area contributed by atoms with Gasteiger partial charge < -0.3 is 0 Å². The normalized spacial score (nSPS) is 10.9. The first-order valence-corrected chi connectivity index (χ1v) is 7.71. The molecule has 3 heteroatoms. The molecule has 0 spiro atoms. The fraction of sp³-hybridized carbons (Fsp3) is 0.250. The fourth-order valence-electron chi connectivity index (χ4n) is 2.21. The Hall–Kier alpha value is -0.630. The van der Waals surface area contributed by atoms with Gasteiger partial charge >= 0.3 is 0 Å². The van der Waals surface area contributed by atoms with Gasteiger partial charge in [-0.1, -0.05) is 47.5 Å². The topological polar surface area (TPSA) is 0 Å². The maximum absolute atomic E-state index is 5.96. The van der Waals surface area contributed by atoms with Crippen molar-refractivity contribution in [2.45, 2.75) is 18.8 Å². The maximum atomic E-state index is 5.96. The van der Waals surface area contributed by atoms with Crippen molar-refractivity contribution in [3.05, 3.63) is 69.7 Å². The first-order chi connectivity index (χ1) is 9.20. The van der Waals surface area contributed by atoms with Crippen LogP contribution in [0.15, 0.2) is 48.5 Å². The molecule has 2 aromatic carbocycles. The molecule has 19 heavy (non-hydrogen) atoms. The molecular weight excluding hydrogens is 295 g/mol. The van der Waals surface area contributed by atoms with Crippen molar-refractivity contribution in [2.75, 3.05) is 5.75 Å². The second-order valence-electron chi connectivity index (χ2n) is 4.52. The average molecular weight is 311 g/mol. The van der Waals surface area contributed by atoms with Gasteiger partial charge in [0.1, 0.15) is 0 Å². The molecule has 0 saturated carbocycles. The van der Waals surface area contributed by atoms with Crippen LogP contribution in [0.1, 0.15) is 29.9 Å². The molecule has 0 aliphatic heterocycles. The summed E-state index contributed by atoms with van der Waals surface area (Å²) in [4.78, 5) is 0. The molecule has 2 aromatic rings. The Morgan fingerprint density at radius 1 is 0.789 bits per heavy atom. The molecule has 0 fully saturated rings. The Morgan fingerprint density at radius 3 is 1.58 bits per heavy atom. The quantitative estimate of drug-likeness (QED) is 0.659. The van der Waals surface area contributed by atoms with Crippen molar-refractivity contribution in [3.8, 4) is 0 Å². The Kier molecular flexibility index (Phi) is 5.62. The molecule has 0 amide bonds. The smallest absolute Gasteiger partial charge is 0.0406 e. The van der Waals surface area contributed by atoms with Gasteiger partial charge in [-0.3, -0.25) is 0 Å². The highest BCUT2D eigenvalue weighted by Crippen LogP contribution is 2.30. The Balaban J connectivity index is 2.29. The van der Waals surface area contributed by atoms with Gasteiger partial charge in [0.15, 0.2) is 0 Å².